The predicted molar refractivity (Wildman–Crippen MR) is 103 cm³/mol. The van der Waals surface area contributed by atoms with Gasteiger partial charge in [-0.2, -0.15) is 0 Å². The summed E-state index contributed by atoms with van der Waals surface area (Å²) in [6, 6.07) is 0. The summed E-state index contributed by atoms with van der Waals surface area (Å²) < 4.78 is 11.6. The number of ether oxygens (including phenoxy) is 2. The molecule has 0 aromatic carbocycles. The summed E-state index contributed by atoms with van der Waals surface area (Å²) in [7, 11) is 0. The van der Waals surface area contributed by atoms with Crippen molar-refractivity contribution in [1.29, 1.82) is 0 Å². The quantitative estimate of drug-likeness (QED) is 0.372. The van der Waals surface area contributed by atoms with Crippen molar-refractivity contribution >= 4 is 11.9 Å². The van der Waals surface area contributed by atoms with E-state index in [1.54, 1.807) is 0 Å². The molecular weight excluding hydrogens is 328 g/mol. The van der Waals surface area contributed by atoms with Gasteiger partial charge in [-0.25, -0.2) is 9.59 Å². The highest BCUT2D eigenvalue weighted by Crippen LogP contribution is 2.38. The lowest BCUT2D eigenvalue weighted by Crippen LogP contribution is -2.32. The Morgan fingerprint density at radius 2 is 1.08 bits per heavy atom. The smallest absolute Gasteiger partial charge is 0.331 e. The van der Waals surface area contributed by atoms with E-state index < -0.39 is 11.9 Å². The number of rotatable bonds is 10. The molecule has 0 aliphatic heterocycles. The van der Waals surface area contributed by atoms with Crippen molar-refractivity contribution in [2.24, 2.45) is 0 Å². The monoisotopic (exact) mass is 364 g/mol. The maximum atomic E-state index is 12.2. The molecule has 0 bridgehead atoms. The van der Waals surface area contributed by atoms with E-state index in [1.165, 1.54) is 12.2 Å². The van der Waals surface area contributed by atoms with Crippen LogP contribution in [0.4, 0.5) is 0 Å². The zero-order chi connectivity index (χ0) is 18.9. The van der Waals surface area contributed by atoms with Gasteiger partial charge in [-0.1, -0.05) is 26.7 Å². The Balaban J connectivity index is 1.86. The third-order valence-corrected chi connectivity index (χ3v) is 5.99. The van der Waals surface area contributed by atoms with E-state index >= 15 is 0 Å². The summed E-state index contributed by atoms with van der Waals surface area (Å²) in [5.74, 6) is -0.817. The largest absolute Gasteiger partial charge is 0.456 e. The molecule has 0 N–H and O–H groups in total. The minimum atomic E-state index is -0.408. The Hall–Kier alpha value is -1.32. The third kappa shape index (κ3) is 6.14. The first-order chi connectivity index (χ1) is 12.5. The molecule has 26 heavy (non-hydrogen) atoms. The maximum Gasteiger partial charge on any atom is 0.331 e. The molecular formula is C22H36O4. The molecule has 2 aliphatic carbocycles. The van der Waals surface area contributed by atoms with Crippen LogP contribution in [0.3, 0.4) is 0 Å². The SMILES string of the molecule is CCCCC1(OC(=O)/C=C/C(=O)OC2(CCCC)CCCC2)CCCC1. The molecule has 0 aromatic heterocycles. The highest BCUT2D eigenvalue weighted by atomic mass is 16.6. The standard InChI is InChI=1S/C22H36O4/c1-3-5-13-21(15-7-8-16-21)25-19(23)11-12-20(24)26-22(14-6-4-2)17-9-10-18-22/h11-12H,3-10,13-18H2,1-2H3/b12-11+. The van der Waals surface area contributed by atoms with Gasteiger partial charge in [0.15, 0.2) is 0 Å². The Morgan fingerprint density at radius 1 is 0.731 bits per heavy atom. The minimum absolute atomic E-state index is 0.310. The summed E-state index contributed by atoms with van der Waals surface area (Å²) in [6.45, 7) is 4.30. The van der Waals surface area contributed by atoms with Crippen molar-refractivity contribution in [3.63, 3.8) is 0 Å². The molecule has 0 unspecified atom stereocenters. The number of carbonyl (C=O) groups is 2. The van der Waals surface area contributed by atoms with Crippen molar-refractivity contribution in [2.45, 2.75) is 115 Å². The fourth-order valence-electron chi connectivity index (χ4n) is 4.47. The van der Waals surface area contributed by atoms with E-state index in [4.69, 9.17) is 9.47 Å². The van der Waals surface area contributed by atoms with Crippen LogP contribution in [0.15, 0.2) is 12.2 Å². The minimum Gasteiger partial charge on any atom is -0.456 e. The second-order valence-electron chi connectivity index (χ2n) is 8.16. The Labute approximate surface area is 158 Å². The van der Waals surface area contributed by atoms with Crippen LogP contribution >= 0.6 is 0 Å². The Morgan fingerprint density at radius 3 is 1.38 bits per heavy atom. The molecule has 0 saturated heterocycles. The predicted octanol–water partition coefficient (Wildman–Crippen LogP) is 5.64. The van der Waals surface area contributed by atoms with E-state index in [1.807, 2.05) is 0 Å². The summed E-state index contributed by atoms with van der Waals surface area (Å²) in [4.78, 5) is 24.5. The van der Waals surface area contributed by atoms with E-state index in [-0.39, 0.29) is 11.2 Å². The zero-order valence-electron chi connectivity index (χ0n) is 16.7. The van der Waals surface area contributed by atoms with Gasteiger partial charge in [-0.05, 0) is 77.0 Å². The normalized spacial score (nSPS) is 21.2. The lowest BCUT2D eigenvalue weighted by molar-refractivity contribution is -0.157. The van der Waals surface area contributed by atoms with Gasteiger partial charge < -0.3 is 9.47 Å². The van der Waals surface area contributed by atoms with Crippen molar-refractivity contribution < 1.29 is 19.1 Å². The molecule has 0 spiro atoms. The first-order valence-corrected chi connectivity index (χ1v) is 10.7. The van der Waals surface area contributed by atoms with Crippen molar-refractivity contribution in [2.75, 3.05) is 0 Å². The van der Waals surface area contributed by atoms with Crippen LogP contribution in [0, 0.1) is 0 Å². The van der Waals surface area contributed by atoms with Gasteiger partial charge in [0.2, 0.25) is 0 Å². The second-order valence-corrected chi connectivity index (χ2v) is 8.16. The first-order valence-electron chi connectivity index (χ1n) is 10.7. The summed E-state index contributed by atoms with van der Waals surface area (Å²) in [6.07, 6.45) is 16.9. The van der Waals surface area contributed by atoms with Crippen molar-refractivity contribution in [3.8, 4) is 0 Å². The fourth-order valence-corrected chi connectivity index (χ4v) is 4.47. The molecule has 2 rings (SSSR count). The van der Waals surface area contributed by atoms with Gasteiger partial charge in [0.1, 0.15) is 11.2 Å². The zero-order valence-corrected chi connectivity index (χ0v) is 16.7. The van der Waals surface area contributed by atoms with Crippen LogP contribution in [0.5, 0.6) is 0 Å². The van der Waals surface area contributed by atoms with Gasteiger partial charge in [0.25, 0.3) is 0 Å². The van der Waals surface area contributed by atoms with E-state index in [9.17, 15) is 9.59 Å². The molecule has 2 aliphatic rings. The average molecular weight is 365 g/mol. The van der Waals surface area contributed by atoms with E-state index in [0.717, 1.165) is 89.9 Å². The first kappa shape index (κ1) is 21.0. The summed E-state index contributed by atoms with van der Waals surface area (Å²) >= 11 is 0. The van der Waals surface area contributed by atoms with Crippen molar-refractivity contribution in [1.82, 2.24) is 0 Å². The van der Waals surface area contributed by atoms with Gasteiger partial charge >= 0.3 is 11.9 Å². The van der Waals surface area contributed by atoms with E-state index in [0.29, 0.717) is 0 Å². The maximum absolute atomic E-state index is 12.2. The summed E-state index contributed by atoms with van der Waals surface area (Å²) in [5, 5.41) is 0. The van der Waals surface area contributed by atoms with E-state index in [2.05, 4.69) is 13.8 Å². The third-order valence-electron chi connectivity index (χ3n) is 5.99. The number of esters is 2. The van der Waals surface area contributed by atoms with Crippen LogP contribution in [-0.2, 0) is 19.1 Å². The number of carbonyl (C=O) groups excluding carboxylic acids is 2. The molecule has 4 heteroatoms. The molecule has 4 nitrogen and oxygen atoms in total. The lowest BCUT2D eigenvalue weighted by atomic mass is 9.94. The van der Waals surface area contributed by atoms with Crippen LogP contribution in [0.1, 0.15) is 104 Å². The summed E-state index contributed by atoms with van der Waals surface area (Å²) in [5.41, 5.74) is -0.621. The average Bonchev–Trinajstić information content (AvgIpc) is 3.27. The molecule has 0 radical (unpaired) electrons. The molecule has 0 atom stereocenters. The fraction of sp³-hybridized carbons (Fsp3) is 0.818. The topological polar surface area (TPSA) is 52.6 Å². The number of unbranched alkanes of at least 4 members (excludes halogenated alkanes) is 2. The molecule has 2 saturated carbocycles. The lowest BCUT2D eigenvalue weighted by Gasteiger charge is -2.29. The van der Waals surface area contributed by atoms with Crippen LogP contribution in [0.25, 0.3) is 0 Å². The Kier molecular flexibility index (Phi) is 8.17. The van der Waals surface area contributed by atoms with Gasteiger partial charge in [-0.3, -0.25) is 0 Å². The van der Waals surface area contributed by atoms with Gasteiger partial charge in [0, 0.05) is 12.2 Å². The highest BCUT2D eigenvalue weighted by molar-refractivity contribution is 5.92. The Bertz CT molecular complexity index is 438. The molecule has 2 fully saturated rings. The number of hydrogen-bond acceptors (Lipinski definition) is 4. The second kappa shape index (κ2) is 10.1. The van der Waals surface area contributed by atoms with Gasteiger partial charge in [0.05, 0.1) is 0 Å². The van der Waals surface area contributed by atoms with Crippen LogP contribution in [0.2, 0.25) is 0 Å². The van der Waals surface area contributed by atoms with Crippen LogP contribution in [-0.4, -0.2) is 23.1 Å². The molecule has 0 aromatic rings. The molecule has 148 valence electrons. The van der Waals surface area contributed by atoms with Crippen LogP contribution < -0.4 is 0 Å². The van der Waals surface area contributed by atoms with Gasteiger partial charge in [-0.15, -0.1) is 0 Å². The molecule has 0 heterocycles. The highest BCUT2D eigenvalue weighted by Gasteiger charge is 2.37. The van der Waals surface area contributed by atoms with Crippen molar-refractivity contribution in [3.05, 3.63) is 12.2 Å². The number of hydrogen-bond donors (Lipinski definition) is 0. The molecule has 0 amide bonds.